The van der Waals surface area contributed by atoms with Gasteiger partial charge in [0.05, 0.1) is 23.4 Å². The number of rotatable bonds is 7. The minimum atomic E-state index is -3.71. The third-order valence-electron chi connectivity index (χ3n) is 3.70. The zero-order valence-electron chi connectivity index (χ0n) is 14.1. The SMILES string of the molecule is COCCNc1nc2ccccc2nc1S(=O)(=O)Cc1ccc(Cl)cc1. The summed E-state index contributed by atoms with van der Waals surface area (Å²) in [5.74, 6) is 0.0468. The van der Waals surface area contributed by atoms with Gasteiger partial charge >= 0.3 is 0 Å². The summed E-state index contributed by atoms with van der Waals surface area (Å²) in [6.07, 6.45) is 0. The molecule has 6 nitrogen and oxygen atoms in total. The molecule has 8 heteroatoms. The van der Waals surface area contributed by atoms with E-state index in [-0.39, 0.29) is 16.6 Å². The molecule has 0 unspecified atom stereocenters. The molecule has 0 aliphatic rings. The van der Waals surface area contributed by atoms with Crippen molar-refractivity contribution >= 4 is 38.3 Å². The summed E-state index contributed by atoms with van der Waals surface area (Å²) in [7, 11) is -2.13. The van der Waals surface area contributed by atoms with Crippen molar-refractivity contribution in [1.82, 2.24) is 9.97 Å². The number of ether oxygens (including phenoxy) is 1. The van der Waals surface area contributed by atoms with E-state index in [1.165, 1.54) is 0 Å². The van der Waals surface area contributed by atoms with Gasteiger partial charge in [0.25, 0.3) is 0 Å². The van der Waals surface area contributed by atoms with Gasteiger partial charge < -0.3 is 10.1 Å². The lowest BCUT2D eigenvalue weighted by Crippen LogP contribution is -2.16. The van der Waals surface area contributed by atoms with Gasteiger partial charge in [0.15, 0.2) is 10.8 Å². The highest BCUT2D eigenvalue weighted by Gasteiger charge is 2.23. The molecule has 1 N–H and O–H groups in total. The van der Waals surface area contributed by atoms with Gasteiger partial charge in [0.2, 0.25) is 9.84 Å². The fourth-order valence-corrected chi connectivity index (χ4v) is 4.00. The fraction of sp³-hybridized carbons (Fsp3) is 0.222. The molecule has 0 atom stereocenters. The monoisotopic (exact) mass is 391 g/mol. The molecule has 2 aromatic carbocycles. The van der Waals surface area contributed by atoms with Crippen molar-refractivity contribution in [3.8, 4) is 0 Å². The van der Waals surface area contributed by atoms with Crippen molar-refractivity contribution in [2.24, 2.45) is 0 Å². The van der Waals surface area contributed by atoms with Gasteiger partial charge in [-0.05, 0) is 29.8 Å². The van der Waals surface area contributed by atoms with Gasteiger partial charge in [-0.2, -0.15) is 0 Å². The molecule has 1 aromatic heterocycles. The Morgan fingerprint density at radius 1 is 1.04 bits per heavy atom. The molecule has 0 aliphatic carbocycles. The fourth-order valence-electron chi connectivity index (χ4n) is 2.46. The van der Waals surface area contributed by atoms with Crippen LogP contribution in [0.5, 0.6) is 0 Å². The maximum atomic E-state index is 13.0. The van der Waals surface area contributed by atoms with E-state index in [0.29, 0.717) is 34.8 Å². The highest BCUT2D eigenvalue weighted by atomic mass is 35.5. The van der Waals surface area contributed by atoms with Crippen LogP contribution in [0.15, 0.2) is 53.6 Å². The average Bonchev–Trinajstić information content (AvgIpc) is 2.63. The van der Waals surface area contributed by atoms with Crippen LogP contribution < -0.4 is 5.32 Å². The smallest absolute Gasteiger partial charge is 0.203 e. The number of hydrogen-bond acceptors (Lipinski definition) is 6. The Morgan fingerprint density at radius 2 is 1.69 bits per heavy atom. The number of benzene rings is 2. The quantitative estimate of drug-likeness (QED) is 0.622. The maximum absolute atomic E-state index is 13.0. The van der Waals surface area contributed by atoms with Gasteiger partial charge in [0.1, 0.15) is 0 Å². The average molecular weight is 392 g/mol. The molecule has 0 saturated heterocycles. The number of nitrogens with one attached hydrogen (secondary N) is 1. The molecule has 0 bridgehead atoms. The summed E-state index contributed by atoms with van der Waals surface area (Å²) in [6.45, 7) is 0.845. The molecular weight excluding hydrogens is 374 g/mol. The van der Waals surface area contributed by atoms with Gasteiger partial charge in [-0.25, -0.2) is 18.4 Å². The molecule has 3 aromatic rings. The van der Waals surface area contributed by atoms with Crippen molar-refractivity contribution in [3.63, 3.8) is 0 Å². The first-order chi connectivity index (χ1) is 12.5. The second kappa shape index (κ2) is 7.99. The van der Waals surface area contributed by atoms with Crippen molar-refractivity contribution in [1.29, 1.82) is 0 Å². The molecule has 0 amide bonds. The van der Waals surface area contributed by atoms with E-state index in [1.54, 1.807) is 49.6 Å². The van der Waals surface area contributed by atoms with Crippen molar-refractivity contribution in [2.45, 2.75) is 10.8 Å². The second-order valence-corrected chi connectivity index (χ2v) is 8.01. The van der Waals surface area contributed by atoms with E-state index in [9.17, 15) is 8.42 Å². The standard InChI is InChI=1S/C18H18ClN3O3S/c1-25-11-10-20-17-18(22-16-5-3-2-4-15(16)21-17)26(23,24)12-13-6-8-14(19)9-7-13/h2-9H,10-12H2,1H3,(H,20,21). The van der Waals surface area contributed by atoms with Crippen LogP contribution in [0.4, 0.5) is 5.82 Å². The lowest BCUT2D eigenvalue weighted by Gasteiger charge is -2.12. The van der Waals surface area contributed by atoms with Crippen LogP contribution in [-0.4, -0.2) is 38.6 Å². The molecular formula is C18H18ClN3O3S. The van der Waals surface area contributed by atoms with Crippen LogP contribution in [0.1, 0.15) is 5.56 Å². The predicted molar refractivity (Wildman–Crippen MR) is 102 cm³/mol. The lowest BCUT2D eigenvalue weighted by atomic mass is 10.2. The first-order valence-corrected chi connectivity index (χ1v) is 9.99. The van der Waals surface area contributed by atoms with Gasteiger partial charge in [0, 0.05) is 18.7 Å². The number of methoxy groups -OCH3 is 1. The van der Waals surface area contributed by atoms with Crippen LogP contribution >= 0.6 is 11.6 Å². The molecule has 0 radical (unpaired) electrons. The minimum absolute atomic E-state index is 0.0674. The summed E-state index contributed by atoms with van der Waals surface area (Å²) < 4.78 is 31.0. The van der Waals surface area contributed by atoms with E-state index in [4.69, 9.17) is 16.3 Å². The number of anilines is 1. The van der Waals surface area contributed by atoms with Gasteiger partial charge in [-0.15, -0.1) is 0 Å². The third kappa shape index (κ3) is 4.30. The van der Waals surface area contributed by atoms with Crippen LogP contribution in [0.2, 0.25) is 5.02 Å². The Labute approximate surface area is 157 Å². The predicted octanol–water partition coefficient (Wildman–Crippen LogP) is 3.32. The van der Waals surface area contributed by atoms with E-state index in [1.807, 2.05) is 6.07 Å². The molecule has 0 spiro atoms. The number of aromatic nitrogens is 2. The number of sulfone groups is 1. The Morgan fingerprint density at radius 3 is 2.35 bits per heavy atom. The molecule has 1 heterocycles. The zero-order chi connectivity index (χ0) is 18.6. The summed E-state index contributed by atoms with van der Waals surface area (Å²) in [5.41, 5.74) is 1.78. The first-order valence-electron chi connectivity index (χ1n) is 7.96. The first kappa shape index (κ1) is 18.6. The summed E-state index contributed by atoms with van der Waals surface area (Å²) >= 11 is 5.87. The maximum Gasteiger partial charge on any atom is 0.203 e. The van der Waals surface area contributed by atoms with Crippen LogP contribution in [0.3, 0.4) is 0 Å². The number of fused-ring (bicyclic) bond motifs is 1. The molecule has 0 fully saturated rings. The van der Waals surface area contributed by atoms with E-state index >= 15 is 0 Å². The molecule has 0 aliphatic heterocycles. The summed E-state index contributed by atoms with van der Waals surface area (Å²) in [6, 6.07) is 13.9. The number of nitrogens with zero attached hydrogens (tertiary/aromatic N) is 2. The van der Waals surface area contributed by atoms with Crippen molar-refractivity contribution in [2.75, 3.05) is 25.6 Å². The third-order valence-corrected chi connectivity index (χ3v) is 5.54. The highest BCUT2D eigenvalue weighted by molar-refractivity contribution is 7.90. The van der Waals surface area contributed by atoms with E-state index < -0.39 is 9.84 Å². The summed E-state index contributed by atoms with van der Waals surface area (Å²) in [4.78, 5) is 8.80. The van der Waals surface area contributed by atoms with Gasteiger partial charge in [-0.1, -0.05) is 35.9 Å². The lowest BCUT2D eigenvalue weighted by molar-refractivity contribution is 0.210. The van der Waals surface area contributed by atoms with Crippen LogP contribution in [0.25, 0.3) is 11.0 Å². The normalized spacial score (nSPS) is 11.6. The van der Waals surface area contributed by atoms with Crippen molar-refractivity contribution < 1.29 is 13.2 Å². The highest BCUT2D eigenvalue weighted by Crippen LogP contribution is 2.24. The second-order valence-electron chi connectivity index (χ2n) is 5.67. The van der Waals surface area contributed by atoms with E-state index in [2.05, 4.69) is 15.3 Å². The Bertz CT molecular complexity index is 1010. The number of halogens is 1. The van der Waals surface area contributed by atoms with Crippen molar-refractivity contribution in [3.05, 3.63) is 59.1 Å². The molecule has 3 rings (SSSR count). The van der Waals surface area contributed by atoms with E-state index in [0.717, 1.165) is 0 Å². The Hall–Kier alpha value is -2.22. The van der Waals surface area contributed by atoms with Crippen LogP contribution in [-0.2, 0) is 20.3 Å². The van der Waals surface area contributed by atoms with Gasteiger partial charge in [-0.3, -0.25) is 0 Å². The zero-order valence-corrected chi connectivity index (χ0v) is 15.7. The molecule has 26 heavy (non-hydrogen) atoms. The molecule has 136 valence electrons. The van der Waals surface area contributed by atoms with Crippen LogP contribution in [0, 0.1) is 0 Å². The number of para-hydroxylation sites is 2. The Balaban J connectivity index is 2.02. The topological polar surface area (TPSA) is 81.2 Å². The molecule has 0 saturated carbocycles. The largest absolute Gasteiger partial charge is 0.383 e. The minimum Gasteiger partial charge on any atom is -0.383 e. The number of hydrogen-bond donors (Lipinski definition) is 1. The Kier molecular flexibility index (Phi) is 5.70. The summed E-state index contributed by atoms with van der Waals surface area (Å²) in [5, 5.41) is 3.50.